The van der Waals surface area contributed by atoms with E-state index in [0.29, 0.717) is 17.5 Å². The van der Waals surface area contributed by atoms with E-state index < -0.39 is 0 Å². The Morgan fingerprint density at radius 1 is 1.40 bits per heavy atom. The first-order chi connectivity index (χ1) is 9.51. The molecule has 106 valence electrons. The molecular weight excluding hydrogens is 250 g/mol. The first kappa shape index (κ1) is 14.6. The molecule has 2 unspecified atom stereocenters. The number of hydrogen-bond acceptors (Lipinski definition) is 2. The quantitative estimate of drug-likeness (QED) is 0.796. The van der Waals surface area contributed by atoms with Gasteiger partial charge < -0.3 is 10.0 Å². The smallest absolute Gasteiger partial charge is 0.254 e. The first-order valence-corrected chi connectivity index (χ1v) is 7.03. The van der Waals surface area contributed by atoms with Gasteiger partial charge in [0.1, 0.15) is 6.61 Å². The molecule has 0 bridgehead atoms. The third-order valence-corrected chi connectivity index (χ3v) is 3.68. The Hall–Kier alpha value is -1.79. The van der Waals surface area contributed by atoms with Crippen molar-refractivity contribution in [3.05, 3.63) is 34.9 Å². The fourth-order valence-electron chi connectivity index (χ4n) is 2.87. The van der Waals surface area contributed by atoms with Crippen LogP contribution in [0.25, 0.3) is 0 Å². The summed E-state index contributed by atoms with van der Waals surface area (Å²) in [6.07, 6.45) is 1.06. The van der Waals surface area contributed by atoms with Gasteiger partial charge in [-0.1, -0.05) is 18.8 Å². The van der Waals surface area contributed by atoms with E-state index in [4.69, 9.17) is 5.11 Å². The highest BCUT2D eigenvalue weighted by molar-refractivity contribution is 5.95. The second-order valence-electron chi connectivity index (χ2n) is 5.70. The molecule has 0 aliphatic carbocycles. The Balaban J connectivity index is 2.28. The van der Waals surface area contributed by atoms with Crippen molar-refractivity contribution in [2.45, 2.75) is 33.2 Å². The number of aryl methyl sites for hydroxylation is 1. The van der Waals surface area contributed by atoms with Gasteiger partial charge in [0.15, 0.2) is 0 Å². The summed E-state index contributed by atoms with van der Waals surface area (Å²) in [4.78, 5) is 14.6. The monoisotopic (exact) mass is 271 g/mol. The number of carbonyl (C=O) groups excluding carboxylic acids is 1. The molecule has 1 aliphatic rings. The minimum absolute atomic E-state index is 0.0811. The van der Waals surface area contributed by atoms with Crippen LogP contribution in [-0.2, 0) is 0 Å². The third kappa shape index (κ3) is 3.20. The lowest BCUT2D eigenvalue weighted by atomic mass is 10.1. The Labute approximate surface area is 120 Å². The topological polar surface area (TPSA) is 40.5 Å². The van der Waals surface area contributed by atoms with E-state index in [1.54, 1.807) is 0 Å². The van der Waals surface area contributed by atoms with Gasteiger partial charge in [-0.05, 0) is 49.9 Å². The number of aliphatic hydroxyl groups excluding tert-OH is 1. The molecule has 3 nitrogen and oxygen atoms in total. The fourth-order valence-corrected chi connectivity index (χ4v) is 2.87. The summed E-state index contributed by atoms with van der Waals surface area (Å²) in [5.74, 6) is 6.14. The van der Waals surface area contributed by atoms with E-state index in [1.807, 2.05) is 30.0 Å². The van der Waals surface area contributed by atoms with Gasteiger partial charge in [0, 0.05) is 23.7 Å². The maximum Gasteiger partial charge on any atom is 0.254 e. The molecule has 1 saturated heterocycles. The van der Waals surface area contributed by atoms with Crippen LogP contribution in [0.2, 0.25) is 0 Å². The summed E-state index contributed by atoms with van der Waals surface area (Å²) in [6.45, 7) is 6.89. The van der Waals surface area contributed by atoms with E-state index in [1.165, 1.54) is 0 Å². The van der Waals surface area contributed by atoms with Crippen molar-refractivity contribution in [3.8, 4) is 11.8 Å². The average molecular weight is 271 g/mol. The van der Waals surface area contributed by atoms with Crippen molar-refractivity contribution in [1.29, 1.82) is 0 Å². The SMILES string of the molecule is Cc1cc(C#CCO)cc(C(=O)N2CC(C)CC2C)c1. The maximum absolute atomic E-state index is 12.6. The van der Waals surface area contributed by atoms with Crippen molar-refractivity contribution >= 4 is 5.91 Å². The van der Waals surface area contributed by atoms with Gasteiger partial charge in [-0.25, -0.2) is 0 Å². The zero-order valence-corrected chi connectivity index (χ0v) is 12.3. The molecule has 0 aromatic heterocycles. The highest BCUT2D eigenvalue weighted by Gasteiger charge is 2.30. The van der Waals surface area contributed by atoms with E-state index in [0.717, 1.165) is 24.1 Å². The number of hydrogen-bond donors (Lipinski definition) is 1. The van der Waals surface area contributed by atoms with Crippen LogP contribution >= 0.6 is 0 Å². The number of aliphatic hydroxyl groups is 1. The summed E-state index contributed by atoms with van der Waals surface area (Å²) >= 11 is 0. The van der Waals surface area contributed by atoms with Crippen molar-refractivity contribution in [2.24, 2.45) is 5.92 Å². The lowest BCUT2D eigenvalue weighted by Crippen LogP contribution is -2.34. The van der Waals surface area contributed by atoms with Gasteiger partial charge >= 0.3 is 0 Å². The highest BCUT2D eigenvalue weighted by Crippen LogP contribution is 2.24. The molecule has 0 saturated carbocycles. The molecule has 3 heteroatoms. The lowest BCUT2D eigenvalue weighted by molar-refractivity contribution is 0.0743. The zero-order valence-electron chi connectivity index (χ0n) is 12.3. The largest absolute Gasteiger partial charge is 0.384 e. The van der Waals surface area contributed by atoms with Crippen molar-refractivity contribution in [3.63, 3.8) is 0 Å². The fraction of sp³-hybridized carbons (Fsp3) is 0.471. The molecule has 1 N–H and O–H groups in total. The van der Waals surface area contributed by atoms with Crippen LogP contribution in [0.5, 0.6) is 0 Å². The minimum atomic E-state index is -0.169. The molecule has 0 radical (unpaired) electrons. The van der Waals surface area contributed by atoms with Gasteiger partial charge in [0.25, 0.3) is 5.91 Å². The Morgan fingerprint density at radius 2 is 2.15 bits per heavy atom. The number of carbonyl (C=O) groups is 1. The molecule has 2 atom stereocenters. The molecular formula is C17H21NO2. The summed E-state index contributed by atoms with van der Waals surface area (Å²) in [5.41, 5.74) is 2.48. The van der Waals surface area contributed by atoms with Gasteiger partial charge in [-0.2, -0.15) is 0 Å². The standard InChI is InChI=1S/C17H21NO2/c1-12-8-15(5-4-6-19)10-16(9-12)17(20)18-11-13(2)7-14(18)3/h8-10,13-14,19H,6-7,11H2,1-3H3. The Morgan fingerprint density at radius 3 is 2.75 bits per heavy atom. The number of rotatable bonds is 1. The molecule has 20 heavy (non-hydrogen) atoms. The van der Waals surface area contributed by atoms with E-state index in [2.05, 4.69) is 25.7 Å². The maximum atomic E-state index is 12.6. The van der Waals surface area contributed by atoms with Crippen molar-refractivity contribution in [1.82, 2.24) is 4.90 Å². The molecule has 1 aromatic rings. The highest BCUT2D eigenvalue weighted by atomic mass is 16.2. The molecule has 1 aliphatic heterocycles. The first-order valence-electron chi connectivity index (χ1n) is 7.03. The summed E-state index contributed by atoms with van der Waals surface area (Å²) in [6, 6.07) is 5.94. The van der Waals surface area contributed by atoms with E-state index in [9.17, 15) is 4.79 Å². The predicted molar refractivity (Wildman–Crippen MR) is 79.4 cm³/mol. The van der Waals surface area contributed by atoms with Crippen molar-refractivity contribution < 1.29 is 9.90 Å². The Bertz CT molecular complexity index is 568. The number of nitrogens with zero attached hydrogens (tertiary/aromatic N) is 1. The molecule has 1 amide bonds. The Kier molecular flexibility index (Phi) is 4.46. The van der Waals surface area contributed by atoms with Crippen LogP contribution in [0.1, 0.15) is 41.8 Å². The average Bonchev–Trinajstić information content (AvgIpc) is 2.74. The van der Waals surface area contributed by atoms with Gasteiger partial charge in [0.05, 0.1) is 0 Å². The number of likely N-dealkylation sites (tertiary alicyclic amines) is 1. The van der Waals surface area contributed by atoms with E-state index >= 15 is 0 Å². The molecule has 1 aromatic carbocycles. The summed E-state index contributed by atoms with van der Waals surface area (Å²) in [7, 11) is 0. The second kappa shape index (κ2) is 6.11. The molecule has 2 rings (SSSR count). The number of amides is 1. The predicted octanol–water partition coefficient (Wildman–Crippen LogP) is 2.21. The number of benzene rings is 1. The van der Waals surface area contributed by atoms with Gasteiger partial charge in [0.2, 0.25) is 0 Å². The van der Waals surface area contributed by atoms with Crippen LogP contribution in [0, 0.1) is 24.7 Å². The van der Waals surface area contributed by atoms with Gasteiger partial charge in [-0.3, -0.25) is 4.79 Å². The van der Waals surface area contributed by atoms with Crippen LogP contribution < -0.4 is 0 Å². The normalized spacial score (nSPS) is 21.5. The summed E-state index contributed by atoms with van der Waals surface area (Å²) < 4.78 is 0. The van der Waals surface area contributed by atoms with Crippen molar-refractivity contribution in [2.75, 3.05) is 13.2 Å². The lowest BCUT2D eigenvalue weighted by Gasteiger charge is -2.21. The third-order valence-electron chi connectivity index (χ3n) is 3.68. The summed E-state index contributed by atoms with van der Waals surface area (Å²) in [5, 5.41) is 8.76. The van der Waals surface area contributed by atoms with Crippen LogP contribution in [-0.4, -0.2) is 35.1 Å². The zero-order chi connectivity index (χ0) is 14.7. The molecule has 0 spiro atoms. The second-order valence-corrected chi connectivity index (χ2v) is 5.70. The van der Waals surface area contributed by atoms with E-state index in [-0.39, 0.29) is 12.5 Å². The van der Waals surface area contributed by atoms with Gasteiger partial charge in [-0.15, -0.1) is 0 Å². The van der Waals surface area contributed by atoms with Crippen LogP contribution in [0.3, 0.4) is 0 Å². The minimum Gasteiger partial charge on any atom is -0.384 e. The molecule has 1 fully saturated rings. The van der Waals surface area contributed by atoms with Crippen LogP contribution in [0.4, 0.5) is 0 Å². The molecule has 1 heterocycles. The van der Waals surface area contributed by atoms with Crippen LogP contribution in [0.15, 0.2) is 18.2 Å².